The van der Waals surface area contributed by atoms with Crippen LogP contribution < -0.4 is 0 Å². The molecular formula is C16H21FN4. The molecule has 1 aromatic heterocycles. The van der Waals surface area contributed by atoms with Gasteiger partial charge in [0.1, 0.15) is 5.82 Å². The number of piperazine rings is 1. The highest BCUT2D eigenvalue weighted by atomic mass is 19.1. The first-order chi connectivity index (χ1) is 10.2. The van der Waals surface area contributed by atoms with Gasteiger partial charge in [0.25, 0.3) is 0 Å². The maximum absolute atomic E-state index is 13.3. The van der Waals surface area contributed by atoms with Crippen LogP contribution in [0, 0.1) is 5.82 Å². The molecular weight excluding hydrogens is 267 g/mol. The van der Waals surface area contributed by atoms with E-state index in [-0.39, 0.29) is 11.9 Å². The van der Waals surface area contributed by atoms with E-state index in [9.17, 15) is 4.39 Å². The highest BCUT2D eigenvalue weighted by Crippen LogP contribution is 2.22. The minimum absolute atomic E-state index is 0.155. The maximum Gasteiger partial charge on any atom is 0.123 e. The molecule has 2 heterocycles. The Labute approximate surface area is 124 Å². The van der Waals surface area contributed by atoms with Crippen molar-refractivity contribution in [3.8, 4) is 0 Å². The lowest BCUT2D eigenvalue weighted by Crippen LogP contribution is -2.46. The van der Waals surface area contributed by atoms with Crippen LogP contribution in [-0.4, -0.2) is 45.9 Å². The quantitative estimate of drug-likeness (QED) is 0.938. The van der Waals surface area contributed by atoms with Crippen molar-refractivity contribution in [3.63, 3.8) is 0 Å². The molecule has 1 saturated heterocycles. The van der Waals surface area contributed by atoms with E-state index in [0.717, 1.165) is 44.0 Å². The number of aromatic nitrogens is 2. The van der Waals surface area contributed by atoms with Gasteiger partial charge in [0, 0.05) is 50.7 Å². The average molecular weight is 288 g/mol. The van der Waals surface area contributed by atoms with Crippen molar-refractivity contribution in [1.29, 1.82) is 0 Å². The third-order valence-corrected chi connectivity index (χ3v) is 4.23. The summed E-state index contributed by atoms with van der Waals surface area (Å²) in [6.07, 6.45) is 3.60. The molecule has 0 spiro atoms. The highest BCUT2D eigenvalue weighted by Gasteiger charge is 2.22. The molecule has 0 bridgehead atoms. The summed E-state index contributed by atoms with van der Waals surface area (Å²) in [7, 11) is 0. The van der Waals surface area contributed by atoms with Gasteiger partial charge in [0.15, 0.2) is 0 Å². The van der Waals surface area contributed by atoms with Crippen LogP contribution >= 0.6 is 0 Å². The fourth-order valence-electron chi connectivity index (χ4n) is 2.90. The normalized spacial score (nSPS) is 18.8. The fraction of sp³-hybridized carbons (Fsp3) is 0.438. The molecule has 3 rings (SSSR count). The smallest absolute Gasteiger partial charge is 0.123 e. The molecule has 4 nitrogen and oxygen atoms in total. The first-order valence-corrected chi connectivity index (χ1v) is 7.41. The van der Waals surface area contributed by atoms with Gasteiger partial charge in [-0.3, -0.25) is 9.80 Å². The summed E-state index contributed by atoms with van der Waals surface area (Å²) in [5.74, 6) is -0.155. The zero-order valence-electron chi connectivity index (χ0n) is 12.3. The molecule has 1 atom stereocenters. The van der Waals surface area contributed by atoms with Gasteiger partial charge in [-0.25, -0.2) is 9.37 Å². The Morgan fingerprint density at radius 1 is 1.29 bits per heavy atom. The van der Waals surface area contributed by atoms with Gasteiger partial charge in [0.2, 0.25) is 0 Å². The van der Waals surface area contributed by atoms with Crippen molar-refractivity contribution in [3.05, 3.63) is 53.9 Å². The summed E-state index contributed by atoms with van der Waals surface area (Å²) in [6.45, 7) is 7.14. The molecule has 1 fully saturated rings. The zero-order valence-corrected chi connectivity index (χ0v) is 12.3. The van der Waals surface area contributed by atoms with E-state index < -0.39 is 0 Å². The number of hydrogen-bond donors (Lipinski definition) is 1. The topological polar surface area (TPSA) is 35.2 Å². The first kappa shape index (κ1) is 14.2. The van der Waals surface area contributed by atoms with E-state index in [2.05, 4.69) is 26.7 Å². The second kappa shape index (κ2) is 6.37. The van der Waals surface area contributed by atoms with E-state index in [1.807, 2.05) is 12.3 Å². The van der Waals surface area contributed by atoms with Crippen molar-refractivity contribution in [1.82, 2.24) is 19.8 Å². The number of nitrogens with zero attached hydrogens (tertiary/aromatic N) is 3. The Bertz CT molecular complexity index is 561. The number of hydrogen-bond acceptors (Lipinski definition) is 3. The zero-order chi connectivity index (χ0) is 14.7. The van der Waals surface area contributed by atoms with E-state index in [4.69, 9.17) is 0 Å². The van der Waals surface area contributed by atoms with Gasteiger partial charge in [-0.15, -0.1) is 0 Å². The van der Waals surface area contributed by atoms with E-state index in [0.29, 0.717) is 0 Å². The Hall–Kier alpha value is -1.72. The van der Waals surface area contributed by atoms with Gasteiger partial charge in [0.05, 0.1) is 6.33 Å². The number of aromatic amines is 1. The van der Waals surface area contributed by atoms with E-state index in [1.165, 1.54) is 6.07 Å². The lowest BCUT2D eigenvalue weighted by molar-refractivity contribution is 0.0970. The lowest BCUT2D eigenvalue weighted by atomic mass is 10.1. The van der Waals surface area contributed by atoms with Gasteiger partial charge >= 0.3 is 0 Å². The molecule has 5 heteroatoms. The molecule has 0 radical (unpaired) electrons. The SMILES string of the molecule is CC(c1cccc(F)c1)N1CCN(Cc2cnc[nH]2)CC1. The molecule has 0 amide bonds. The number of benzene rings is 1. The number of H-pyrrole nitrogens is 1. The summed E-state index contributed by atoms with van der Waals surface area (Å²) in [5.41, 5.74) is 2.21. The van der Waals surface area contributed by atoms with Crippen LogP contribution in [0.1, 0.15) is 24.2 Å². The molecule has 1 aliphatic rings. The van der Waals surface area contributed by atoms with Gasteiger partial charge in [-0.05, 0) is 24.6 Å². The second-order valence-electron chi connectivity index (χ2n) is 5.62. The molecule has 21 heavy (non-hydrogen) atoms. The Balaban J connectivity index is 1.55. The van der Waals surface area contributed by atoms with Crippen LogP contribution in [0.3, 0.4) is 0 Å². The Morgan fingerprint density at radius 3 is 2.76 bits per heavy atom. The van der Waals surface area contributed by atoms with Crippen LogP contribution in [0.5, 0.6) is 0 Å². The van der Waals surface area contributed by atoms with Crippen molar-refractivity contribution < 1.29 is 4.39 Å². The van der Waals surface area contributed by atoms with Crippen LogP contribution in [0.2, 0.25) is 0 Å². The summed E-state index contributed by atoms with van der Waals surface area (Å²) in [4.78, 5) is 12.0. The molecule has 112 valence electrons. The van der Waals surface area contributed by atoms with Gasteiger partial charge in [-0.1, -0.05) is 12.1 Å². The van der Waals surface area contributed by atoms with Gasteiger partial charge in [-0.2, -0.15) is 0 Å². The van der Waals surface area contributed by atoms with Crippen LogP contribution in [0.4, 0.5) is 4.39 Å². The molecule has 2 aromatic rings. The number of nitrogens with one attached hydrogen (secondary N) is 1. The van der Waals surface area contributed by atoms with Crippen LogP contribution in [0.25, 0.3) is 0 Å². The predicted molar refractivity (Wildman–Crippen MR) is 80.3 cm³/mol. The Kier molecular flexibility index (Phi) is 4.31. The molecule has 1 N–H and O–H groups in total. The average Bonchev–Trinajstić information content (AvgIpc) is 3.00. The first-order valence-electron chi connectivity index (χ1n) is 7.41. The third kappa shape index (κ3) is 3.49. The number of halogens is 1. The van der Waals surface area contributed by atoms with Crippen molar-refractivity contribution in [2.75, 3.05) is 26.2 Å². The lowest BCUT2D eigenvalue weighted by Gasteiger charge is -2.38. The molecule has 0 saturated carbocycles. The minimum atomic E-state index is -0.155. The minimum Gasteiger partial charge on any atom is -0.347 e. The second-order valence-corrected chi connectivity index (χ2v) is 5.62. The van der Waals surface area contributed by atoms with Crippen LogP contribution in [-0.2, 0) is 6.54 Å². The van der Waals surface area contributed by atoms with E-state index >= 15 is 0 Å². The summed E-state index contributed by atoms with van der Waals surface area (Å²) >= 11 is 0. The van der Waals surface area contributed by atoms with Crippen molar-refractivity contribution in [2.45, 2.75) is 19.5 Å². The largest absolute Gasteiger partial charge is 0.347 e. The summed E-state index contributed by atoms with van der Waals surface area (Å²) in [5, 5.41) is 0. The van der Waals surface area contributed by atoms with E-state index in [1.54, 1.807) is 18.5 Å². The maximum atomic E-state index is 13.3. The summed E-state index contributed by atoms with van der Waals surface area (Å²) in [6, 6.07) is 7.19. The summed E-state index contributed by atoms with van der Waals surface area (Å²) < 4.78 is 13.3. The van der Waals surface area contributed by atoms with Crippen molar-refractivity contribution in [2.24, 2.45) is 0 Å². The monoisotopic (exact) mass is 288 g/mol. The molecule has 0 aliphatic carbocycles. The standard InChI is InChI=1S/C16H21FN4/c1-13(14-3-2-4-15(17)9-14)21-7-5-20(6-8-21)11-16-10-18-12-19-16/h2-4,9-10,12-13H,5-8,11H2,1H3,(H,18,19). The number of rotatable bonds is 4. The Morgan fingerprint density at radius 2 is 2.10 bits per heavy atom. The molecule has 1 aromatic carbocycles. The predicted octanol–water partition coefficient (Wildman–Crippen LogP) is 2.43. The third-order valence-electron chi connectivity index (χ3n) is 4.23. The molecule has 1 unspecified atom stereocenters. The molecule has 1 aliphatic heterocycles. The number of imidazole rings is 1. The highest BCUT2D eigenvalue weighted by molar-refractivity contribution is 5.19. The van der Waals surface area contributed by atoms with Gasteiger partial charge < -0.3 is 4.98 Å². The van der Waals surface area contributed by atoms with Crippen LogP contribution in [0.15, 0.2) is 36.8 Å². The fourth-order valence-corrected chi connectivity index (χ4v) is 2.90. The van der Waals surface area contributed by atoms with Crippen molar-refractivity contribution >= 4 is 0 Å².